The average Bonchev–Trinajstić information content (AvgIpc) is 2.90. The highest BCUT2D eigenvalue weighted by molar-refractivity contribution is 7.89. The van der Waals surface area contributed by atoms with Crippen molar-refractivity contribution in [2.45, 2.75) is 17.9 Å². The summed E-state index contributed by atoms with van der Waals surface area (Å²) in [6.45, 7) is 3.05. The predicted octanol–water partition coefficient (Wildman–Crippen LogP) is 3.56. The summed E-state index contributed by atoms with van der Waals surface area (Å²) in [5.74, 6) is 0.337. The van der Waals surface area contributed by atoms with Crippen LogP contribution in [0.2, 0.25) is 0 Å². The molecule has 4 rings (SSSR count). The first kappa shape index (κ1) is 25.4. The van der Waals surface area contributed by atoms with E-state index >= 15 is 0 Å². The molecule has 1 atom stereocenters. The van der Waals surface area contributed by atoms with E-state index in [1.165, 1.54) is 16.4 Å². The molecule has 0 aromatic heterocycles. The summed E-state index contributed by atoms with van der Waals surface area (Å²) >= 11 is 0. The molecule has 0 saturated carbocycles. The maximum atomic E-state index is 13.6. The number of hydrogen-bond acceptors (Lipinski definition) is 6. The van der Waals surface area contributed by atoms with Crippen molar-refractivity contribution in [2.24, 2.45) is 0 Å². The molecule has 3 aromatic carbocycles. The standard InChI is InChI=1S/C27H28N4O4S/c1-20-12-13-24(35-2)23(18-20)29-27(32)26(21-8-4-3-5-9-21)30-14-16-31(17-15-30)36(33,34)25-11-7-6-10-22(25)19-28/h3-13,18,26H,14-17H2,1-2H3,(H,29,32)/t26-/m0/s1. The molecule has 3 aromatic rings. The molecule has 36 heavy (non-hydrogen) atoms. The van der Waals surface area contributed by atoms with E-state index in [2.05, 4.69) is 5.32 Å². The lowest BCUT2D eigenvalue weighted by molar-refractivity contribution is -0.122. The third kappa shape index (κ3) is 5.26. The summed E-state index contributed by atoms with van der Waals surface area (Å²) in [5, 5.41) is 12.4. The van der Waals surface area contributed by atoms with E-state index in [1.54, 1.807) is 19.2 Å². The SMILES string of the molecule is COc1ccc(C)cc1NC(=O)[C@H](c1ccccc1)N1CCN(S(=O)(=O)c2ccccc2C#N)CC1. The largest absolute Gasteiger partial charge is 0.495 e. The second kappa shape index (κ2) is 10.9. The Labute approximate surface area is 211 Å². The number of nitrogens with one attached hydrogen (secondary N) is 1. The second-order valence-corrected chi connectivity index (χ2v) is 10.5. The van der Waals surface area contributed by atoms with Crippen molar-refractivity contribution in [3.8, 4) is 11.8 Å². The van der Waals surface area contributed by atoms with E-state index in [0.29, 0.717) is 24.5 Å². The maximum absolute atomic E-state index is 13.6. The lowest BCUT2D eigenvalue weighted by Gasteiger charge is -2.38. The fourth-order valence-corrected chi connectivity index (χ4v) is 5.97. The summed E-state index contributed by atoms with van der Waals surface area (Å²) in [4.78, 5) is 15.6. The molecule has 0 bridgehead atoms. The molecule has 0 radical (unpaired) electrons. The van der Waals surface area contributed by atoms with Crippen molar-refractivity contribution in [3.63, 3.8) is 0 Å². The quantitative estimate of drug-likeness (QED) is 0.528. The van der Waals surface area contributed by atoms with Crippen LogP contribution in [-0.4, -0.2) is 56.8 Å². The van der Waals surface area contributed by atoms with Crippen LogP contribution in [0, 0.1) is 18.3 Å². The van der Waals surface area contributed by atoms with Crippen molar-refractivity contribution in [2.75, 3.05) is 38.6 Å². The Morgan fingerprint density at radius 1 is 1.00 bits per heavy atom. The fraction of sp³-hybridized carbons (Fsp3) is 0.259. The first-order valence-electron chi connectivity index (χ1n) is 11.6. The van der Waals surface area contributed by atoms with Crippen molar-refractivity contribution in [1.29, 1.82) is 5.26 Å². The number of ether oxygens (including phenoxy) is 1. The number of methoxy groups -OCH3 is 1. The Morgan fingerprint density at radius 3 is 2.33 bits per heavy atom. The molecule has 1 fully saturated rings. The molecular formula is C27H28N4O4S. The number of nitriles is 1. The molecule has 9 heteroatoms. The van der Waals surface area contributed by atoms with Crippen LogP contribution in [0.3, 0.4) is 0 Å². The highest BCUT2D eigenvalue weighted by Crippen LogP contribution is 2.30. The van der Waals surface area contributed by atoms with Crippen LogP contribution in [0.25, 0.3) is 0 Å². The number of hydrogen-bond donors (Lipinski definition) is 1. The number of anilines is 1. The zero-order valence-corrected chi connectivity index (χ0v) is 21.0. The Hall–Kier alpha value is -3.71. The summed E-state index contributed by atoms with van der Waals surface area (Å²) < 4.78 is 33.3. The molecule has 8 nitrogen and oxygen atoms in total. The molecule has 1 aliphatic heterocycles. The number of piperazine rings is 1. The first-order chi connectivity index (χ1) is 17.3. The minimum atomic E-state index is -3.83. The van der Waals surface area contributed by atoms with E-state index in [-0.39, 0.29) is 29.5 Å². The monoisotopic (exact) mass is 504 g/mol. The zero-order valence-electron chi connectivity index (χ0n) is 20.2. The van der Waals surface area contributed by atoms with Crippen LogP contribution in [0.4, 0.5) is 5.69 Å². The Balaban J connectivity index is 1.57. The number of aryl methyl sites for hydroxylation is 1. The van der Waals surface area contributed by atoms with E-state index in [9.17, 15) is 18.5 Å². The van der Waals surface area contributed by atoms with E-state index in [0.717, 1.165) is 11.1 Å². The number of carbonyl (C=O) groups excluding carboxylic acids is 1. The van der Waals surface area contributed by atoms with Gasteiger partial charge in [0.25, 0.3) is 0 Å². The first-order valence-corrected chi connectivity index (χ1v) is 13.0. The molecule has 0 aliphatic carbocycles. The predicted molar refractivity (Wildman–Crippen MR) is 137 cm³/mol. The van der Waals surface area contributed by atoms with Gasteiger partial charge in [-0.3, -0.25) is 9.69 Å². The lowest BCUT2D eigenvalue weighted by atomic mass is 10.0. The summed E-state index contributed by atoms with van der Waals surface area (Å²) in [5.41, 5.74) is 2.50. The zero-order chi connectivity index (χ0) is 25.7. The Morgan fingerprint density at radius 2 is 1.67 bits per heavy atom. The van der Waals surface area contributed by atoms with Gasteiger partial charge in [0.1, 0.15) is 17.9 Å². The van der Waals surface area contributed by atoms with E-state index in [1.807, 2.05) is 66.4 Å². The Bertz CT molecular complexity index is 1380. The second-order valence-electron chi connectivity index (χ2n) is 8.55. The minimum Gasteiger partial charge on any atom is -0.495 e. The smallest absolute Gasteiger partial charge is 0.246 e. The van der Waals surface area contributed by atoms with Crippen molar-refractivity contribution in [1.82, 2.24) is 9.21 Å². The van der Waals surface area contributed by atoms with Gasteiger partial charge in [0, 0.05) is 26.2 Å². The normalized spacial score (nSPS) is 15.6. The molecule has 1 heterocycles. The van der Waals surface area contributed by atoms with Gasteiger partial charge in [0.05, 0.1) is 23.3 Å². The number of rotatable bonds is 7. The molecule has 0 spiro atoms. The third-order valence-corrected chi connectivity index (χ3v) is 8.20. The van der Waals surface area contributed by atoms with Crippen LogP contribution in [0.5, 0.6) is 5.75 Å². The van der Waals surface area contributed by atoms with Crippen molar-refractivity contribution < 1.29 is 17.9 Å². The number of carbonyl (C=O) groups is 1. The average molecular weight is 505 g/mol. The summed E-state index contributed by atoms with van der Waals surface area (Å²) in [6.07, 6.45) is 0. The molecular weight excluding hydrogens is 476 g/mol. The van der Waals surface area contributed by atoms with Gasteiger partial charge in [-0.05, 0) is 42.3 Å². The minimum absolute atomic E-state index is 0.00449. The maximum Gasteiger partial charge on any atom is 0.246 e. The number of nitrogens with zero attached hydrogens (tertiary/aromatic N) is 3. The molecule has 1 saturated heterocycles. The molecule has 1 aliphatic rings. The third-order valence-electron chi connectivity index (χ3n) is 6.24. The van der Waals surface area contributed by atoms with E-state index in [4.69, 9.17) is 4.74 Å². The summed E-state index contributed by atoms with van der Waals surface area (Å²) in [7, 11) is -2.28. The molecule has 1 N–H and O–H groups in total. The van der Waals surface area contributed by atoms with Crippen molar-refractivity contribution in [3.05, 3.63) is 89.5 Å². The van der Waals surface area contributed by atoms with Crippen LogP contribution in [-0.2, 0) is 14.8 Å². The van der Waals surface area contributed by atoms with Gasteiger partial charge in [-0.25, -0.2) is 8.42 Å². The van der Waals surface area contributed by atoms with Crippen LogP contribution >= 0.6 is 0 Å². The highest BCUT2D eigenvalue weighted by atomic mass is 32.2. The molecule has 186 valence electrons. The van der Waals surface area contributed by atoms with Gasteiger partial charge in [-0.2, -0.15) is 9.57 Å². The van der Waals surface area contributed by atoms with Gasteiger partial charge in [0.2, 0.25) is 15.9 Å². The molecule has 1 amide bonds. The van der Waals surface area contributed by atoms with Gasteiger partial charge < -0.3 is 10.1 Å². The van der Waals surface area contributed by atoms with Gasteiger partial charge >= 0.3 is 0 Å². The van der Waals surface area contributed by atoms with E-state index < -0.39 is 16.1 Å². The van der Waals surface area contributed by atoms with Crippen molar-refractivity contribution >= 4 is 21.6 Å². The number of benzene rings is 3. The highest BCUT2D eigenvalue weighted by Gasteiger charge is 2.35. The van der Waals surface area contributed by atoms with Crippen LogP contribution in [0.1, 0.15) is 22.7 Å². The number of amides is 1. The topological polar surface area (TPSA) is 103 Å². The fourth-order valence-electron chi connectivity index (χ4n) is 4.41. The van der Waals surface area contributed by atoms with Gasteiger partial charge in [-0.1, -0.05) is 48.5 Å². The lowest BCUT2D eigenvalue weighted by Crippen LogP contribution is -2.51. The number of sulfonamides is 1. The van der Waals surface area contributed by atoms with Gasteiger partial charge in [-0.15, -0.1) is 0 Å². The summed E-state index contributed by atoms with van der Waals surface area (Å²) in [6, 6.07) is 22.6. The Kier molecular flexibility index (Phi) is 7.70. The molecule has 0 unspecified atom stereocenters. The van der Waals surface area contributed by atoms with Crippen LogP contribution < -0.4 is 10.1 Å². The van der Waals surface area contributed by atoms with Crippen LogP contribution in [0.15, 0.2) is 77.7 Å². The van der Waals surface area contributed by atoms with Gasteiger partial charge in [0.15, 0.2) is 0 Å².